The third kappa shape index (κ3) is 4.57. The summed E-state index contributed by atoms with van der Waals surface area (Å²) >= 11 is 0. The molecule has 2 atom stereocenters. The highest BCUT2D eigenvalue weighted by molar-refractivity contribution is 7.93. The van der Waals surface area contributed by atoms with Gasteiger partial charge in [-0.3, -0.25) is 19.6 Å². The van der Waals surface area contributed by atoms with Gasteiger partial charge in [0, 0.05) is 64.3 Å². The van der Waals surface area contributed by atoms with Gasteiger partial charge in [-0.05, 0) is 30.7 Å². The molecule has 3 aliphatic rings. The largest absolute Gasteiger partial charge is 0.415 e. The molecule has 0 spiro atoms. The molecule has 2 aromatic heterocycles. The molecule has 3 aliphatic heterocycles. The Morgan fingerprint density at radius 3 is 2.49 bits per heavy atom. The van der Waals surface area contributed by atoms with E-state index in [-0.39, 0.29) is 36.6 Å². The minimum absolute atomic E-state index is 0.0457. The summed E-state index contributed by atoms with van der Waals surface area (Å²) in [6.45, 7) is 1.55. The first-order valence-corrected chi connectivity index (χ1v) is 13.9. The number of fused-ring (bicyclic) bond motifs is 2. The standard InChI is InChI=1S/C24H25F2N7O3S/c25-21(26)23-30-29-22(36-23)15-6-7-16(28-9-15)10-32(17-4-2-1-3-5-17)24(34)33-12-18-8-19(33)11-31(18)20-13-37(27,35)14-20/h1-7,9,18-21,27H,8,10-14H2/t18-,19-,20?,37?/m0/s1. The highest BCUT2D eigenvalue weighted by Crippen LogP contribution is 2.36. The SMILES string of the molecule is N=S1(=O)CC(N2C[C@@H]3C[C@H]2CN3C(=O)N(Cc2ccc(-c3nnc(C(F)F)o3)cn2)c2ccccc2)C1. The number of carbonyl (C=O) groups is 1. The zero-order chi connectivity index (χ0) is 25.7. The summed E-state index contributed by atoms with van der Waals surface area (Å²) in [5.74, 6) is 0.0593. The molecule has 0 unspecified atom stereocenters. The van der Waals surface area contributed by atoms with E-state index in [1.165, 1.54) is 6.20 Å². The van der Waals surface area contributed by atoms with E-state index in [9.17, 15) is 17.8 Å². The lowest BCUT2D eigenvalue weighted by Crippen LogP contribution is -2.60. The van der Waals surface area contributed by atoms with Crippen molar-refractivity contribution in [3.05, 3.63) is 60.2 Å². The van der Waals surface area contributed by atoms with Crippen molar-refractivity contribution in [3.8, 4) is 11.5 Å². The van der Waals surface area contributed by atoms with Crippen molar-refractivity contribution < 1.29 is 22.2 Å². The molecule has 2 bridgehead atoms. The normalized spacial score (nSPS) is 27.0. The number of carbonyl (C=O) groups excluding carboxylic acids is 1. The van der Waals surface area contributed by atoms with Crippen molar-refractivity contribution in [2.75, 3.05) is 29.5 Å². The Morgan fingerprint density at radius 2 is 1.89 bits per heavy atom. The number of piperazine rings is 1. The number of alkyl halides is 2. The van der Waals surface area contributed by atoms with Crippen LogP contribution in [-0.4, -0.2) is 77.9 Å². The maximum absolute atomic E-state index is 13.8. The van der Waals surface area contributed by atoms with E-state index >= 15 is 0 Å². The van der Waals surface area contributed by atoms with Crippen LogP contribution in [0.5, 0.6) is 0 Å². The van der Waals surface area contributed by atoms with Crippen LogP contribution in [0.3, 0.4) is 0 Å². The molecule has 3 fully saturated rings. The summed E-state index contributed by atoms with van der Waals surface area (Å²) < 4.78 is 50.1. The molecule has 0 radical (unpaired) electrons. The van der Waals surface area contributed by atoms with Crippen molar-refractivity contribution in [3.63, 3.8) is 0 Å². The van der Waals surface area contributed by atoms with Crippen LogP contribution in [0.25, 0.3) is 11.5 Å². The van der Waals surface area contributed by atoms with Crippen molar-refractivity contribution in [1.82, 2.24) is 25.0 Å². The summed E-state index contributed by atoms with van der Waals surface area (Å²) in [5.41, 5.74) is 1.76. The zero-order valence-corrected chi connectivity index (χ0v) is 20.6. The Kier molecular flexibility index (Phi) is 5.91. The first-order chi connectivity index (χ1) is 17.8. The van der Waals surface area contributed by atoms with Crippen LogP contribution < -0.4 is 4.90 Å². The summed E-state index contributed by atoms with van der Waals surface area (Å²) in [6, 6.07) is 13.1. The van der Waals surface area contributed by atoms with Gasteiger partial charge in [-0.15, -0.1) is 10.2 Å². The van der Waals surface area contributed by atoms with Crippen molar-refractivity contribution in [1.29, 1.82) is 4.78 Å². The van der Waals surface area contributed by atoms with E-state index < -0.39 is 22.0 Å². The van der Waals surface area contributed by atoms with Gasteiger partial charge in [0.25, 0.3) is 5.89 Å². The number of pyridine rings is 1. The molecule has 3 saturated heterocycles. The van der Waals surface area contributed by atoms with Gasteiger partial charge in [0.15, 0.2) is 0 Å². The van der Waals surface area contributed by atoms with Gasteiger partial charge in [0.1, 0.15) is 0 Å². The molecule has 6 rings (SSSR count). The van der Waals surface area contributed by atoms with Crippen molar-refractivity contribution in [2.45, 2.75) is 37.5 Å². The number of anilines is 1. The fraction of sp³-hybridized carbons (Fsp3) is 0.417. The predicted octanol–water partition coefficient (Wildman–Crippen LogP) is 3.38. The van der Waals surface area contributed by atoms with Gasteiger partial charge in [0.05, 0.1) is 17.8 Å². The summed E-state index contributed by atoms with van der Waals surface area (Å²) in [5, 5.41) is 6.99. The zero-order valence-electron chi connectivity index (χ0n) is 19.7. The number of benzene rings is 1. The molecular weight excluding hydrogens is 504 g/mol. The molecule has 0 saturated carbocycles. The van der Waals surface area contributed by atoms with Crippen molar-refractivity contribution in [2.24, 2.45) is 0 Å². The predicted molar refractivity (Wildman–Crippen MR) is 130 cm³/mol. The average molecular weight is 530 g/mol. The number of halogens is 2. The number of hydrogen-bond acceptors (Lipinski definition) is 8. The second-order valence-corrected chi connectivity index (χ2v) is 12.0. The van der Waals surface area contributed by atoms with E-state index in [0.29, 0.717) is 29.3 Å². The quantitative estimate of drug-likeness (QED) is 0.520. The van der Waals surface area contributed by atoms with E-state index in [1.54, 1.807) is 17.0 Å². The number of para-hydroxylation sites is 1. The highest BCUT2D eigenvalue weighted by atomic mass is 32.2. The molecule has 1 aromatic carbocycles. The van der Waals surface area contributed by atoms with Crippen LogP contribution in [0, 0.1) is 4.78 Å². The minimum Gasteiger partial charge on any atom is -0.415 e. The van der Waals surface area contributed by atoms with Crippen LogP contribution >= 0.6 is 0 Å². The molecule has 13 heteroatoms. The minimum atomic E-state index is -2.85. The lowest BCUT2D eigenvalue weighted by Gasteiger charge is -2.44. The number of rotatable bonds is 6. The van der Waals surface area contributed by atoms with Crippen molar-refractivity contribution >= 4 is 21.4 Å². The third-order valence-corrected chi connectivity index (χ3v) is 9.09. The third-order valence-electron chi connectivity index (χ3n) is 7.24. The monoisotopic (exact) mass is 529 g/mol. The summed E-state index contributed by atoms with van der Waals surface area (Å²) in [7, 11) is -2.41. The second-order valence-electron chi connectivity index (χ2n) is 9.68. The first kappa shape index (κ1) is 23.9. The van der Waals surface area contributed by atoms with Gasteiger partial charge >= 0.3 is 12.5 Å². The highest BCUT2D eigenvalue weighted by Gasteiger charge is 2.51. The lowest BCUT2D eigenvalue weighted by atomic mass is 10.2. The molecule has 5 heterocycles. The Labute approximate surface area is 212 Å². The van der Waals surface area contributed by atoms with Gasteiger partial charge < -0.3 is 9.32 Å². The maximum atomic E-state index is 13.8. The Balaban J connectivity index is 1.18. The molecule has 1 N–H and O–H groups in total. The van der Waals surface area contributed by atoms with Crippen LogP contribution in [-0.2, 0) is 16.3 Å². The molecular formula is C24H25F2N7O3S. The average Bonchev–Trinajstić information content (AvgIpc) is 3.62. The van der Waals surface area contributed by atoms with Crippen LogP contribution in [0.4, 0.5) is 19.3 Å². The van der Waals surface area contributed by atoms with Gasteiger partial charge in [-0.25, -0.2) is 9.00 Å². The Bertz CT molecular complexity index is 1390. The molecule has 194 valence electrons. The topological polar surface area (TPSA) is 120 Å². The first-order valence-electron chi connectivity index (χ1n) is 12.0. The van der Waals surface area contributed by atoms with Gasteiger partial charge in [0.2, 0.25) is 5.89 Å². The lowest BCUT2D eigenvalue weighted by molar-refractivity contribution is 0.116. The molecule has 2 amide bonds. The molecule has 0 aliphatic carbocycles. The number of urea groups is 1. The fourth-order valence-corrected chi connectivity index (χ4v) is 6.95. The van der Waals surface area contributed by atoms with E-state index in [2.05, 4.69) is 20.1 Å². The molecule has 3 aromatic rings. The van der Waals surface area contributed by atoms with Crippen LogP contribution in [0.2, 0.25) is 0 Å². The van der Waals surface area contributed by atoms with E-state index in [4.69, 9.17) is 9.20 Å². The number of nitrogens with zero attached hydrogens (tertiary/aromatic N) is 6. The smallest absolute Gasteiger partial charge is 0.325 e. The number of likely N-dealkylation sites (tertiary alicyclic amines) is 2. The molecule has 10 nitrogen and oxygen atoms in total. The number of nitrogens with one attached hydrogen (secondary N) is 1. The maximum Gasteiger partial charge on any atom is 0.325 e. The number of hydrogen-bond donors (Lipinski definition) is 1. The Morgan fingerprint density at radius 1 is 1.11 bits per heavy atom. The summed E-state index contributed by atoms with van der Waals surface area (Å²) in [6.07, 6.45) is -0.508. The van der Waals surface area contributed by atoms with E-state index in [0.717, 1.165) is 18.7 Å². The van der Waals surface area contributed by atoms with Gasteiger partial charge in [-0.2, -0.15) is 8.78 Å². The summed E-state index contributed by atoms with van der Waals surface area (Å²) in [4.78, 5) is 24.1. The Hall–Kier alpha value is -3.45. The fourth-order valence-electron chi connectivity index (χ4n) is 5.42. The van der Waals surface area contributed by atoms with Gasteiger partial charge in [-0.1, -0.05) is 18.2 Å². The van der Waals surface area contributed by atoms with Crippen LogP contribution in [0.1, 0.15) is 24.4 Å². The van der Waals surface area contributed by atoms with E-state index in [1.807, 2.05) is 35.2 Å². The number of amides is 2. The van der Waals surface area contributed by atoms with Crippen LogP contribution in [0.15, 0.2) is 53.1 Å². The second kappa shape index (κ2) is 9.14. The number of aromatic nitrogens is 3. The molecule has 37 heavy (non-hydrogen) atoms.